The van der Waals surface area contributed by atoms with Crippen molar-refractivity contribution in [2.75, 3.05) is 19.6 Å². The second-order valence-electron chi connectivity index (χ2n) is 5.91. The van der Waals surface area contributed by atoms with Crippen LogP contribution in [0.2, 0.25) is 0 Å². The Hall–Kier alpha value is -0.570. The molecule has 0 bridgehead atoms. The molecule has 2 N–H and O–H groups in total. The normalized spacial score (nSPS) is 12.7. The molecule has 0 aromatic carbocycles. The molecule has 0 aromatic rings. The minimum atomic E-state index is -0.332. The molecule has 0 spiro atoms. The molecule has 90 valence electrons. The molecule has 3 heteroatoms. The van der Waals surface area contributed by atoms with Crippen LogP contribution in [0.25, 0.3) is 0 Å². The van der Waals surface area contributed by atoms with Crippen molar-refractivity contribution in [3.8, 4) is 0 Å². The summed E-state index contributed by atoms with van der Waals surface area (Å²) in [6.45, 7) is 14.8. The van der Waals surface area contributed by atoms with Crippen molar-refractivity contribution < 1.29 is 4.79 Å². The summed E-state index contributed by atoms with van der Waals surface area (Å²) in [7, 11) is 0. The van der Waals surface area contributed by atoms with Gasteiger partial charge in [-0.1, -0.05) is 20.8 Å². The zero-order valence-electron chi connectivity index (χ0n) is 11.0. The highest BCUT2D eigenvalue weighted by Crippen LogP contribution is 2.15. The number of hydrogen-bond acceptors (Lipinski definition) is 2. The molecule has 0 atom stereocenters. The Labute approximate surface area is 94.0 Å². The highest BCUT2D eigenvalue weighted by Gasteiger charge is 2.26. The molecule has 0 heterocycles. The minimum Gasteiger partial charge on any atom is -0.356 e. The van der Waals surface area contributed by atoms with Crippen molar-refractivity contribution in [3.05, 3.63) is 0 Å². The van der Waals surface area contributed by atoms with Crippen LogP contribution in [0.1, 0.15) is 41.5 Å². The maximum absolute atomic E-state index is 11.7. The van der Waals surface area contributed by atoms with Crippen LogP contribution in [-0.2, 0) is 4.79 Å². The van der Waals surface area contributed by atoms with Gasteiger partial charge in [0.15, 0.2) is 0 Å². The first kappa shape index (κ1) is 14.4. The van der Waals surface area contributed by atoms with Gasteiger partial charge in [-0.05, 0) is 26.2 Å². The summed E-state index contributed by atoms with van der Waals surface area (Å²) in [5.41, 5.74) is -0.0709. The maximum atomic E-state index is 11.7. The lowest BCUT2D eigenvalue weighted by atomic mass is 9.91. The lowest BCUT2D eigenvalue weighted by Gasteiger charge is -2.26. The number of carbonyl (C=O) groups excluding carboxylic acids is 1. The predicted octanol–water partition coefficient (Wildman–Crippen LogP) is 1.78. The standard InChI is InChI=1S/C12H26N2O/c1-7-14-10(15)12(5,6)9-13-8-11(2,3)4/h13H,7-9H2,1-6H3,(H,14,15). The van der Waals surface area contributed by atoms with Gasteiger partial charge in [-0.15, -0.1) is 0 Å². The Morgan fingerprint density at radius 3 is 2.00 bits per heavy atom. The second kappa shape index (κ2) is 5.50. The van der Waals surface area contributed by atoms with Crippen molar-refractivity contribution in [1.82, 2.24) is 10.6 Å². The van der Waals surface area contributed by atoms with E-state index in [9.17, 15) is 4.79 Å². The third-order valence-electron chi connectivity index (χ3n) is 2.17. The van der Waals surface area contributed by atoms with Gasteiger partial charge in [-0.3, -0.25) is 4.79 Å². The highest BCUT2D eigenvalue weighted by atomic mass is 16.2. The van der Waals surface area contributed by atoms with Crippen molar-refractivity contribution in [2.45, 2.75) is 41.5 Å². The summed E-state index contributed by atoms with van der Waals surface area (Å²) < 4.78 is 0. The number of carbonyl (C=O) groups is 1. The first-order chi connectivity index (χ1) is 6.69. The first-order valence-electron chi connectivity index (χ1n) is 5.68. The van der Waals surface area contributed by atoms with E-state index in [2.05, 4.69) is 31.4 Å². The Kier molecular flexibility index (Phi) is 5.29. The molecule has 0 radical (unpaired) electrons. The average molecular weight is 214 g/mol. The summed E-state index contributed by atoms with van der Waals surface area (Å²) in [6, 6.07) is 0. The van der Waals surface area contributed by atoms with Crippen LogP contribution in [0.4, 0.5) is 0 Å². The molecule has 0 saturated carbocycles. The molecular formula is C12H26N2O. The van der Waals surface area contributed by atoms with Gasteiger partial charge in [0.05, 0.1) is 5.41 Å². The lowest BCUT2D eigenvalue weighted by molar-refractivity contribution is -0.129. The SMILES string of the molecule is CCNC(=O)C(C)(C)CNCC(C)(C)C. The van der Waals surface area contributed by atoms with E-state index in [0.29, 0.717) is 6.54 Å². The third-order valence-corrected chi connectivity index (χ3v) is 2.17. The van der Waals surface area contributed by atoms with Crippen molar-refractivity contribution in [1.29, 1.82) is 0 Å². The molecule has 0 saturated heterocycles. The fourth-order valence-corrected chi connectivity index (χ4v) is 1.23. The molecule has 15 heavy (non-hydrogen) atoms. The van der Waals surface area contributed by atoms with Crippen LogP contribution in [0.5, 0.6) is 0 Å². The monoisotopic (exact) mass is 214 g/mol. The van der Waals surface area contributed by atoms with Gasteiger partial charge in [0.2, 0.25) is 5.91 Å². The predicted molar refractivity (Wildman–Crippen MR) is 64.8 cm³/mol. The number of rotatable bonds is 5. The number of amides is 1. The Balaban J connectivity index is 3.99. The fraction of sp³-hybridized carbons (Fsp3) is 0.917. The van der Waals surface area contributed by atoms with E-state index >= 15 is 0 Å². The van der Waals surface area contributed by atoms with Gasteiger partial charge in [0.1, 0.15) is 0 Å². The van der Waals surface area contributed by atoms with Crippen LogP contribution in [0.3, 0.4) is 0 Å². The van der Waals surface area contributed by atoms with Gasteiger partial charge in [-0.25, -0.2) is 0 Å². The van der Waals surface area contributed by atoms with Gasteiger partial charge in [-0.2, -0.15) is 0 Å². The smallest absolute Gasteiger partial charge is 0.226 e. The van der Waals surface area contributed by atoms with Crippen LogP contribution in [0.15, 0.2) is 0 Å². The van der Waals surface area contributed by atoms with Crippen LogP contribution in [-0.4, -0.2) is 25.5 Å². The summed E-state index contributed by atoms with van der Waals surface area (Å²) in [5.74, 6) is 0.117. The first-order valence-corrected chi connectivity index (χ1v) is 5.68. The molecule has 0 aromatic heterocycles. The minimum absolute atomic E-state index is 0.117. The number of nitrogens with one attached hydrogen (secondary N) is 2. The Morgan fingerprint density at radius 2 is 1.60 bits per heavy atom. The molecule has 0 fully saturated rings. The highest BCUT2D eigenvalue weighted by molar-refractivity contribution is 5.81. The van der Waals surface area contributed by atoms with Gasteiger partial charge >= 0.3 is 0 Å². The second-order valence-corrected chi connectivity index (χ2v) is 5.91. The van der Waals surface area contributed by atoms with E-state index in [4.69, 9.17) is 0 Å². The Bertz CT molecular complexity index is 204. The molecule has 0 rings (SSSR count). The zero-order chi connectivity index (χ0) is 12.1. The van der Waals surface area contributed by atoms with Crippen LogP contribution >= 0.6 is 0 Å². The van der Waals surface area contributed by atoms with E-state index in [-0.39, 0.29) is 16.7 Å². The molecule has 1 amide bonds. The average Bonchev–Trinajstić information content (AvgIpc) is 2.01. The summed E-state index contributed by atoms with van der Waals surface area (Å²) in [6.07, 6.45) is 0. The van der Waals surface area contributed by atoms with Gasteiger partial charge in [0.25, 0.3) is 0 Å². The quantitative estimate of drug-likeness (QED) is 0.732. The number of hydrogen-bond donors (Lipinski definition) is 2. The fourth-order valence-electron chi connectivity index (χ4n) is 1.23. The summed E-state index contributed by atoms with van der Waals surface area (Å²) in [4.78, 5) is 11.7. The van der Waals surface area contributed by atoms with E-state index in [0.717, 1.165) is 13.1 Å². The lowest BCUT2D eigenvalue weighted by Crippen LogP contribution is -2.44. The topological polar surface area (TPSA) is 41.1 Å². The van der Waals surface area contributed by atoms with Crippen molar-refractivity contribution in [3.63, 3.8) is 0 Å². The van der Waals surface area contributed by atoms with E-state index in [1.165, 1.54) is 0 Å². The van der Waals surface area contributed by atoms with E-state index in [1.807, 2.05) is 20.8 Å². The Morgan fingerprint density at radius 1 is 1.07 bits per heavy atom. The zero-order valence-corrected chi connectivity index (χ0v) is 11.0. The van der Waals surface area contributed by atoms with Crippen molar-refractivity contribution >= 4 is 5.91 Å². The van der Waals surface area contributed by atoms with Crippen LogP contribution in [0, 0.1) is 10.8 Å². The van der Waals surface area contributed by atoms with Gasteiger partial charge < -0.3 is 10.6 Å². The van der Waals surface area contributed by atoms with E-state index < -0.39 is 0 Å². The summed E-state index contributed by atoms with van der Waals surface area (Å²) in [5, 5.41) is 6.20. The van der Waals surface area contributed by atoms with E-state index in [1.54, 1.807) is 0 Å². The molecule has 0 aliphatic heterocycles. The molecule has 0 unspecified atom stereocenters. The molecular weight excluding hydrogens is 188 g/mol. The van der Waals surface area contributed by atoms with Crippen LogP contribution < -0.4 is 10.6 Å². The maximum Gasteiger partial charge on any atom is 0.226 e. The molecule has 3 nitrogen and oxygen atoms in total. The summed E-state index contributed by atoms with van der Waals surface area (Å²) >= 11 is 0. The third kappa shape index (κ3) is 6.50. The molecule has 0 aliphatic rings. The van der Waals surface area contributed by atoms with Crippen molar-refractivity contribution in [2.24, 2.45) is 10.8 Å². The van der Waals surface area contributed by atoms with Gasteiger partial charge in [0, 0.05) is 19.6 Å². The largest absolute Gasteiger partial charge is 0.356 e. The molecule has 0 aliphatic carbocycles.